The molecular weight excluding hydrogens is 258 g/mol. The first kappa shape index (κ1) is 16.6. The van der Waals surface area contributed by atoms with Gasteiger partial charge in [0, 0.05) is 38.0 Å². The molecule has 0 saturated carbocycles. The van der Waals surface area contributed by atoms with Crippen molar-refractivity contribution in [3.05, 3.63) is 16.1 Å². The Labute approximate surface area is 121 Å². The maximum Gasteiger partial charge on any atom is 0.0941 e. The van der Waals surface area contributed by atoms with Gasteiger partial charge in [-0.15, -0.1) is 11.3 Å². The second-order valence-corrected chi connectivity index (χ2v) is 5.65. The van der Waals surface area contributed by atoms with Crippen molar-refractivity contribution >= 4 is 11.3 Å². The molecule has 110 valence electrons. The van der Waals surface area contributed by atoms with Gasteiger partial charge in [0.2, 0.25) is 0 Å². The van der Waals surface area contributed by atoms with Gasteiger partial charge in [-0.3, -0.25) is 4.90 Å². The number of hydrogen-bond acceptors (Lipinski definition) is 5. The zero-order valence-electron chi connectivity index (χ0n) is 12.4. The predicted octanol–water partition coefficient (Wildman–Crippen LogP) is 2.28. The van der Waals surface area contributed by atoms with Crippen LogP contribution in [0.4, 0.5) is 0 Å². The number of methoxy groups -OCH3 is 1. The maximum atomic E-state index is 5.57. The van der Waals surface area contributed by atoms with Gasteiger partial charge in [-0.05, 0) is 19.4 Å². The van der Waals surface area contributed by atoms with Crippen LogP contribution in [0.2, 0.25) is 0 Å². The third-order valence-corrected chi connectivity index (χ3v) is 4.32. The molecule has 1 heterocycles. The van der Waals surface area contributed by atoms with Crippen LogP contribution in [-0.2, 0) is 17.7 Å². The van der Waals surface area contributed by atoms with Crippen molar-refractivity contribution in [1.29, 1.82) is 0 Å². The fourth-order valence-corrected chi connectivity index (χ4v) is 3.08. The van der Waals surface area contributed by atoms with Crippen LogP contribution in [0.15, 0.2) is 5.38 Å². The molecule has 19 heavy (non-hydrogen) atoms. The minimum atomic E-state index is 0.606. The Morgan fingerprint density at radius 3 is 2.74 bits per heavy atom. The molecule has 1 aromatic heterocycles. The number of ether oxygens (including phenoxy) is 1. The lowest BCUT2D eigenvalue weighted by Gasteiger charge is -2.29. The van der Waals surface area contributed by atoms with Crippen LogP contribution in [0.25, 0.3) is 0 Å². The largest absolute Gasteiger partial charge is 0.383 e. The van der Waals surface area contributed by atoms with Crippen molar-refractivity contribution < 1.29 is 4.74 Å². The summed E-state index contributed by atoms with van der Waals surface area (Å²) in [4.78, 5) is 7.13. The van der Waals surface area contributed by atoms with Crippen LogP contribution < -0.4 is 5.73 Å². The van der Waals surface area contributed by atoms with Gasteiger partial charge in [-0.1, -0.05) is 13.8 Å². The van der Waals surface area contributed by atoms with Crippen LogP contribution in [-0.4, -0.2) is 42.7 Å². The molecular formula is C14H27N3OS. The van der Waals surface area contributed by atoms with Crippen LogP contribution >= 0.6 is 11.3 Å². The van der Waals surface area contributed by atoms with E-state index in [2.05, 4.69) is 29.1 Å². The first-order chi connectivity index (χ1) is 9.24. The standard InChI is InChI=1S/C14H27N3OS/c1-4-13(5-2)17(8-9-18-3)10-12-11-19-14(16-12)6-7-15/h11,13H,4-10,15H2,1-3H3. The highest BCUT2D eigenvalue weighted by molar-refractivity contribution is 7.09. The average Bonchev–Trinajstić information content (AvgIpc) is 2.85. The minimum absolute atomic E-state index is 0.606. The summed E-state index contributed by atoms with van der Waals surface area (Å²) in [6.45, 7) is 7.82. The zero-order valence-corrected chi connectivity index (χ0v) is 13.2. The molecule has 4 nitrogen and oxygen atoms in total. The number of nitrogens with two attached hydrogens (primary N) is 1. The van der Waals surface area contributed by atoms with E-state index in [1.54, 1.807) is 18.4 Å². The fraction of sp³-hybridized carbons (Fsp3) is 0.786. The van der Waals surface area contributed by atoms with Gasteiger partial charge in [0.05, 0.1) is 17.3 Å². The number of aromatic nitrogens is 1. The predicted molar refractivity (Wildman–Crippen MR) is 81.5 cm³/mol. The highest BCUT2D eigenvalue weighted by Gasteiger charge is 2.16. The van der Waals surface area contributed by atoms with Gasteiger partial charge in [0.15, 0.2) is 0 Å². The minimum Gasteiger partial charge on any atom is -0.383 e. The van der Waals surface area contributed by atoms with E-state index in [9.17, 15) is 0 Å². The van der Waals surface area contributed by atoms with E-state index in [1.165, 1.54) is 12.8 Å². The summed E-state index contributed by atoms with van der Waals surface area (Å²) < 4.78 is 5.22. The van der Waals surface area contributed by atoms with Crippen molar-refractivity contribution in [2.75, 3.05) is 26.8 Å². The summed E-state index contributed by atoms with van der Waals surface area (Å²) in [6, 6.07) is 0.606. The molecule has 0 atom stereocenters. The van der Waals surface area contributed by atoms with Crippen molar-refractivity contribution in [2.24, 2.45) is 5.73 Å². The van der Waals surface area contributed by atoms with E-state index in [0.717, 1.165) is 36.8 Å². The van der Waals surface area contributed by atoms with E-state index in [1.807, 2.05) is 0 Å². The Bertz CT molecular complexity index is 339. The van der Waals surface area contributed by atoms with Crippen LogP contribution in [0, 0.1) is 0 Å². The monoisotopic (exact) mass is 285 g/mol. The molecule has 5 heteroatoms. The van der Waals surface area contributed by atoms with E-state index in [-0.39, 0.29) is 0 Å². The van der Waals surface area contributed by atoms with Crippen LogP contribution in [0.1, 0.15) is 37.4 Å². The van der Waals surface area contributed by atoms with E-state index in [4.69, 9.17) is 10.5 Å². The van der Waals surface area contributed by atoms with Crippen LogP contribution in [0.5, 0.6) is 0 Å². The van der Waals surface area contributed by atoms with Gasteiger partial charge < -0.3 is 10.5 Å². The molecule has 1 rings (SSSR count). The maximum absolute atomic E-state index is 5.57. The van der Waals surface area contributed by atoms with E-state index in [0.29, 0.717) is 12.6 Å². The van der Waals surface area contributed by atoms with Crippen LogP contribution in [0.3, 0.4) is 0 Å². The van der Waals surface area contributed by atoms with Gasteiger partial charge in [0.25, 0.3) is 0 Å². The average molecular weight is 285 g/mol. The van der Waals surface area contributed by atoms with Crippen molar-refractivity contribution in [2.45, 2.75) is 45.7 Å². The first-order valence-corrected chi connectivity index (χ1v) is 7.99. The summed E-state index contributed by atoms with van der Waals surface area (Å²) in [6.07, 6.45) is 3.22. The molecule has 0 saturated heterocycles. The third kappa shape index (κ3) is 5.57. The number of hydrogen-bond donors (Lipinski definition) is 1. The molecule has 0 fully saturated rings. The van der Waals surface area contributed by atoms with Crippen molar-refractivity contribution in [3.63, 3.8) is 0 Å². The fourth-order valence-electron chi connectivity index (χ4n) is 2.27. The van der Waals surface area contributed by atoms with Gasteiger partial charge in [0.1, 0.15) is 0 Å². The molecule has 0 amide bonds. The highest BCUT2D eigenvalue weighted by Crippen LogP contribution is 2.16. The quantitative estimate of drug-likeness (QED) is 0.716. The molecule has 0 radical (unpaired) electrons. The number of thiazole rings is 1. The first-order valence-electron chi connectivity index (χ1n) is 7.11. The highest BCUT2D eigenvalue weighted by atomic mass is 32.1. The topological polar surface area (TPSA) is 51.4 Å². The molecule has 0 aliphatic heterocycles. The number of rotatable bonds is 10. The van der Waals surface area contributed by atoms with E-state index >= 15 is 0 Å². The Kier molecular flexibility index (Phi) is 8.21. The smallest absolute Gasteiger partial charge is 0.0941 e. The molecule has 0 unspecified atom stereocenters. The summed E-state index contributed by atoms with van der Waals surface area (Å²) >= 11 is 1.72. The van der Waals surface area contributed by atoms with Crippen molar-refractivity contribution in [1.82, 2.24) is 9.88 Å². The van der Waals surface area contributed by atoms with Crippen molar-refractivity contribution in [3.8, 4) is 0 Å². The Morgan fingerprint density at radius 1 is 1.42 bits per heavy atom. The second kappa shape index (κ2) is 9.42. The second-order valence-electron chi connectivity index (χ2n) is 4.70. The molecule has 2 N–H and O–H groups in total. The lowest BCUT2D eigenvalue weighted by atomic mass is 10.1. The van der Waals surface area contributed by atoms with Gasteiger partial charge in [-0.25, -0.2) is 4.98 Å². The van der Waals surface area contributed by atoms with Gasteiger partial charge >= 0.3 is 0 Å². The summed E-state index contributed by atoms with van der Waals surface area (Å²) in [7, 11) is 1.76. The third-order valence-electron chi connectivity index (χ3n) is 3.36. The number of nitrogens with zero attached hydrogens (tertiary/aromatic N) is 2. The summed E-state index contributed by atoms with van der Waals surface area (Å²) in [5.41, 5.74) is 6.73. The molecule has 0 aliphatic rings. The molecule has 0 bridgehead atoms. The SMILES string of the molecule is CCC(CC)N(CCOC)Cc1csc(CCN)n1. The lowest BCUT2D eigenvalue weighted by molar-refractivity contribution is 0.109. The summed E-state index contributed by atoms with van der Waals surface area (Å²) in [5, 5.41) is 3.31. The lowest BCUT2D eigenvalue weighted by Crippen LogP contribution is -2.36. The Balaban J connectivity index is 2.63. The Hall–Kier alpha value is -0.490. The molecule has 1 aromatic rings. The molecule has 0 aliphatic carbocycles. The van der Waals surface area contributed by atoms with E-state index < -0.39 is 0 Å². The molecule has 0 aromatic carbocycles. The zero-order chi connectivity index (χ0) is 14.1. The molecule has 0 spiro atoms. The summed E-state index contributed by atoms with van der Waals surface area (Å²) in [5.74, 6) is 0. The van der Waals surface area contributed by atoms with Gasteiger partial charge in [-0.2, -0.15) is 0 Å². The normalized spacial score (nSPS) is 11.7. The Morgan fingerprint density at radius 2 is 2.16 bits per heavy atom.